The minimum absolute atomic E-state index is 0. The number of aromatic nitrogens is 4. The number of hydrogen-bond donors (Lipinski definition) is 1. The standard InChI is InChI=1S/C18H10F6N4O2.ClH/c19-17(20,21)7-29-14-4-2-10(5-11(14)18(22,23)24)16-27-15(28-30-16)9-1-3-12-13(6-9)26-8-25-12;/h1-6,8H,7H2,(H,25,26);1H. The fraction of sp³-hybridized carbons (Fsp3) is 0.167. The molecular weight excluding hydrogens is 454 g/mol. The molecule has 0 fully saturated rings. The van der Waals surface area contributed by atoms with Gasteiger partial charge in [0.05, 0.1) is 22.9 Å². The molecule has 1 N–H and O–H groups in total. The lowest BCUT2D eigenvalue weighted by atomic mass is 10.1. The van der Waals surface area contributed by atoms with E-state index in [1.54, 1.807) is 18.2 Å². The first-order valence-electron chi connectivity index (χ1n) is 8.28. The molecule has 0 aliphatic carbocycles. The van der Waals surface area contributed by atoms with Crippen LogP contribution in [0.5, 0.6) is 5.75 Å². The third kappa shape index (κ3) is 4.90. The third-order valence-electron chi connectivity index (χ3n) is 4.03. The van der Waals surface area contributed by atoms with E-state index in [1.165, 1.54) is 6.33 Å². The van der Waals surface area contributed by atoms with Gasteiger partial charge in [-0.15, -0.1) is 12.4 Å². The van der Waals surface area contributed by atoms with E-state index in [0.717, 1.165) is 12.1 Å². The van der Waals surface area contributed by atoms with E-state index in [0.29, 0.717) is 22.7 Å². The highest BCUT2D eigenvalue weighted by Crippen LogP contribution is 2.39. The summed E-state index contributed by atoms with van der Waals surface area (Å²) in [4.78, 5) is 11.1. The first-order chi connectivity index (χ1) is 14.1. The van der Waals surface area contributed by atoms with E-state index in [1.807, 2.05) is 0 Å². The second-order valence-electron chi connectivity index (χ2n) is 6.17. The van der Waals surface area contributed by atoms with Crippen molar-refractivity contribution in [1.82, 2.24) is 20.1 Å². The van der Waals surface area contributed by atoms with Crippen LogP contribution in [0.3, 0.4) is 0 Å². The first-order valence-corrected chi connectivity index (χ1v) is 8.28. The minimum Gasteiger partial charge on any atom is -0.483 e. The van der Waals surface area contributed by atoms with Crippen molar-refractivity contribution in [3.8, 4) is 28.6 Å². The molecule has 4 rings (SSSR count). The zero-order chi connectivity index (χ0) is 21.5. The number of nitrogens with one attached hydrogen (secondary N) is 1. The van der Waals surface area contributed by atoms with Crippen LogP contribution in [0.25, 0.3) is 33.9 Å². The Kier molecular flexibility index (Phi) is 5.85. The van der Waals surface area contributed by atoms with Crippen LogP contribution in [0, 0.1) is 0 Å². The Hall–Kier alpha value is -3.28. The monoisotopic (exact) mass is 464 g/mol. The van der Waals surface area contributed by atoms with Crippen LogP contribution in [0.2, 0.25) is 0 Å². The zero-order valence-corrected chi connectivity index (χ0v) is 15.9. The van der Waals surface area contributed by atoms with E-state index < -0.39 is 30.3 Å². The van der Waals surface area contributed by atoms with Crippen molar-refractivity contribution in [2.45, 2.75) is 12.4 Å². The number of H-pyrrole nitrogens is 1. The van der Waals surface area contributed by atoms with Crippen molar-refractivity contribution in [3.63, 3.8) is 0 Å². The van der Waals surface area contributed by atoms with Crippen molar-refractivity contribution >= 4 is 23.4 Å². The highest BCUT2D eigenvalue weighted by atomic mass is 35.5. The number of fused-ring (bicyclic) bond motifs is 1. The van der Waals surface area contributed by atoms with Gasteiger partial charge in [0.15, 0.2) is 6.61 Å². The van der Waals surface area contributed by atoms with Gasteiger partial charge in [-0.25, -0.2) is 4.98 Å². The molecule has 0 aliphatic rings. The summed E-state index contributed by atoms with van der Waals surface area (Å²) in [5.41, 5.74) is 0.421. The summed E-state index contributed by atoms with van der Waals surface area (Å²) < 4.78 is 86.2. The summed E-state index contributed by atoms with van der Waals surface area (Å²) in [6.45, 7) is -1.85. The average Bonchev–Trinajstić information content (AvgIpc) is 3.33. The Bertz CT molecular complexity index is 1200. The van der Waals surface area contributed by atoms with E-state index in [4.69, 9.17) is 4.52 Å². The summed E-state index contributed by atoms with van der Waals surface area (Å²) >= 11 is 0. The van der Waals surface area contributed by atoms with E-state index >= 15 is 0 Å². The van der Waals surface area contributed by atoms with Crippen LogP contribution in [0.4, 0.5) is 26.3 Å². The van der Waals surface area contributed by atoms with Gasteiger partial charge >= 0.3 is 12.4 Å². The number of ether oxygens (including phenoxy) is 1. The number of halogens is 7. The number of alkyl halides is 6. The maximum absolute atomic E-state index is 13.3. The van der Waals surface area contributed by atoms with Gasteiger partial charge in [0.25, 0.3) is 5.89 Å². The zero-order valence-electron chi connectivity index (χ0n) is 15.1. The third-order valence-corrected chi connectivity index (χ3v) is 4.03. The molecule has 0 saturated carbocycles. The first kappa shape index (κ1) is 22.4. The second kappa shape index (κ2) is 8.10. The van der Waals surface area contributed by atoms with E-state index in [-0.39, 0.29) is 29.7 Å². The van der Waals surface area contributed by atoms with Crippen LogP contribution in [-0.2, 0) is 6.18 Å². The lowest BCUT2D eigenvalue weighted by molar-refractivity contribution is -0.158. The molecule has 0 spiro atoms. The molecule has 2 aromatic heterocycles. The molecule has 2 heterocycles. The van der Waals surface area contributed by atoms with E-state index in [2.05, 4.69) is 24.8 Å². The SMILES string of the molecule is Cl.FC(F)(F)COc1ccc(-c2nc(-c3ccc4nc[nH]c4c3)no2)cc1C(F)(F)F. The Morgan fingerprint density at radius 2 is 1.71 bits per heavy atom. The Labute approximate surface area is 175 Å². The maximum atomic E-state index is 13.3. The minimum atomic E-state index is -4.95. The molecule has 0 saturated heterocycles. The molecule has 6 nitrogen and oxygen atoms in total. The van der Waals surface area contributed by atoms with E-state index in [9.17, 15) is 26.3 Å². The van der Waals surface area contributed by atoms with Crippen LogP contribution in [0.1, 0.15) is 5.56 Å². The van der Waals surface area contributed by atoms with Crippen LogP contribution in [-0.4, -0.2) is 32.9 Å². The number of hydrogen-bond acceptors (Lipinski definition) is 5. The summed E-state index contributed by atoms with van der Waals surface area (Å²) in [6, 6.07) is 7.53. The van der Waals surface area contributed by atoms with Crippen molar-refractivity contribution in [3.05, 3.63) is 48.3 Å². The molecular formula is C18H11ClF6N4O2. The normalized spacial score (nSPS) is 12.1. The summed E-state index contributed by atoms with van der Waals surface area (Å²) in [5.74, 6) is -1.07. The van der Waals surface area contributed by atoms with Crippen molar-refractivity contribution in [2.24, 2.45) is 0 Å². The molecule has 164 valence electrons. The van der Waals surface area contributed by atoms with Gasteiger partial charge in [-0.3, -0.25) is 0 Å². The maximum Gasteiger partial charge on any atom is 0.422 e. The van der Waals surface area contributed by atoms with Crippen molar-refractivity contribution in [1.29, 1.82) is 0 Å². The fourth-order valence-electron chi connectivity index (χ4n) is 2.70. The van der Waals surface area contributed by atoms with Gasteiger partial charge in [-0.2, -0.15) is 31.3 Å². The molecule has 31 heavy (non-hydrogen) atoms. The fourth-order valence-corrected chi connectivity index (χ4v) is 2.70. The largest absolute Gasteiger partial charge is 0.483 e. The van der Waals surface area contributed by atoms with Gasteiger partial charge in [0.1, 0.15) is 5.75 Å². The quantitative estimate of drug-likeness (QED) is 0.394. The summed E-state index contributed by atoms with van der Waals surface area (Å²) in [6.07, 6.45) is -8.23. The van der Waals surface area contributed by atoms with Crippen molar-refractivity contribution < 1.29 is 35.6 Å². The molecule has 0 radical (unpaired) electrons. The van der Waals surface area contributed by atoms with Gasteiger partial charge in [-0.1, -0.05) is 5.16 Å². The summed E-state index contributed by atoms with van der Waals surface area (Å²) in [7, 11) is 0. The highest BCUT2D eigenvalue weighted by Gasteiger charge is 2.37. The van der Waals surface area contributed by atoms with Gasteiger partial charge in [0, 0.05) is 11.1 Å². The Morgan fingerprint density at radius 3 is 2.42 bits per heavy atom. The van der Waals surface area contributed by atoms with Gasteiger partial charge in [0.2, 0.25) is 5.82 Å². The number of aromatic amines is 1. The number of imidazole rings is 1. The lowest BCUT2D eigenvalue weighted by Crippen LogP contribution is -2.20. The van der Waals surface area contributed by atoms with Crippen LogP contribution >= 0.6 is 12.4 Å². The smallest absolute Gasteiger partial charge is 0.422 e. The molecule has 0 aliphatic heterocycles. The summed E-state index contributed by atoms with van der Waals surface area (Å²) in [5, 5.41) is 3.76. The molecule has 4 aromatic rings. The molecule has 0 atom stereocenters. The topological polar surface area (TPSA) is 76.8 Å². The van der Waals surface area contributed by atoms with Gasteiger partial charge < -0.3 is 14.2 Å². The highest BCUT2D eigenvalue weighted by molar-refractivity contribution is 5.85. The predicted octanol–water partition coefficient (Wildman–Crippen LogP) is 5.66. The lowest BCUT2D eigenvalue weighted by Gasteiger charge is -2.15. The average molecular weight is 465 g/mol. The number of rotatable bonds is 4. The van der Waals surface area contributed by atoms with Crippen LogP contribution in [0.15, 0.2) is 47.2 Å². The number of nitrogens with zero attached hydrogens (tertiary/aromatic N) is 3. The predicted molar refractivity (Wildman–Crippen MR) is 98.6 cm³/mol. The molecule has 13 heteroatoms. The molecule has 0 bridgehead atoms. The number of benzene rings is 2. The van der Waals surface area contributed by atoms with Crippen molar-refractivity contribution in [2.75, 3.05) is 6.61 Å². The Morgan fingerprint density at radius 1 is 0.968 bits per heavy atom. The van der Waals surface area contributed by atoms with Gasteiger partial charge in [-0.05, 0) is 36.4 Å². The molecule has 2 aromatic carbocycles. The van der Waals surface area contributed by atoms with Crippen LogP contribution < -0.4 is 4.74 Å². The second-order valence-corrected chi connectivity index (χ2v) is 6.17. The Balaban J connectivity index is 0.00000272. The molecule has 0 unspecified atom stereocenters. The molecule has 0 amide bonds.